The zero-order valence-electron chi connectivity index (χ0n) is 13.5. The molecule has 1 aliphatic heterocycles. The molecule has 3 heteroatoms. The first-order valence-corrected chi connectivity index (χ1v) is 8.34. The number of anilines is 1. The zero-order chi connectivity index (χ0) is 15.2. The van der Waals surface area contributed by atoms with Gasteiger partial charge in [0.2, 0.25) is 5.91 Å². The number of carbonyl (C=O) groups excluding carboxylic acids is 1. The van der Waals surface area contributed by atoms with Crippen LogP contribution in [0.15, 0.2) is 18.2 Å². The highest BCUT2D eigenvalue weighted by atomic mass is 16.2. The maximum absolute atomic E-state index is 12.6. The number of amides is 1. The van der Waals surface area contributed by atoms with Crippen molar-refractivity contribution in [3.63, 3.8) is 0 Å². The van der Waals surface area contributed by atoms with Crippen molar-refractivity contribution in [1.82, 2.24) is 5.32 Å². The highest BCUT2D eigenvalue weighted by molar-refractivity contribution is 5.96. The number of rotatable bonds is 5. The van der Waals surface area contributed by atoms with E-state index in [1.165, 1.54) is 17.5 Å². The van der Waals surface area contributed by atoms with Crippen molar-refractivity contribution in [2.24, 2.45) is 5.92 Å². The van der Waals surface area contributed by atoms with Crippen molar-refractivity contribution in [1.29, 1.82) is 0 Å². The summed E-state index contributed by atoms with van der Waals surface area (Å²) in [5, 5.41) is 6.56. The van der Waals surface area contributed by atoms with E-state index in [0.717, 1.165) is 37.9 Å². The minimum absolute atomic E-state index is 0.0432. The van der Waals surface area contributed by atoms with Crippen molar-refractivity contribution in [3.05, 3.63) is 29.3 Å². The van der Waals surface area contributed by atoms with Gasteiger partial charge in [-0.1, -0.05) is 45.4 Å². The third-order valence-electron chi connectivity index (χ3n) is 4.65. The van der Waals surface area contributed by atoms with Crippen LogP contribution in [0.5, 0.6) is 0 Å². The molecule has 2 unspecified atom stereocenters. The van der Waals surface area contributed by atoms with Gasteiger partial charge in [0.15, 0.2) is 0 Å². The van der Waals surface area contributed by atoms with E-state index >= 15 is 0 Å². The van der Waals surface area contributed by atoms with Crippen LogP contribution < -0.4 is 10.6 Å². The van der Waals surface area contributed by atoms with Gasteiger partial charge in [0.1, 0.15) is 0 Å². The Bertz CT molecular complexity index is 462. The molecular weight excluding hydrogens is 260 g/mol. The van der Waals surface area contributed by atoms with E-state index in [1.807, 2.05) is 0 Å². The molecule has 0 aliphatic carbocycles. The Labute approximate surface area is 128 Å². The summed E-state index contributed by atoms with van der Waals surface area (Å²) in [7, 11) is 0. The zero-order valence-corrected chi connectivity index (χ0v) is 13.5. The monoisotopic (exact) mass is 288 g/mol. The number of hydrogen-bond acceptors (Lipinski definition) is 2. The Morgan fingerprint density at radius 1 is 1.24 bits per heavy atom. The standard InChI is InChI=1S/C18H28N2O/c1-4-13-10-11-19-16(12-13)18(21)20-17-14(5-2)8-7-9-15(17)6-3/h7-9,13,16,19H,4-6,10-12H2,1-3H3,(H,20,21). The van der Waals surface area contributed by atoms with Crippen molar-refractivity contribution in [2.75, 3.05) is 11.9 Å². The Morgan fingerprint density at radius 3 is 2.48 bits per heavy atom. The van der Waals surface area contributed by atoms with Crippen molar-refractivity contribution >= 4 is 11.6 Å². The van der Waals surface area contributed by atoms with Crippen LogP contribution in [-0.4, -0.2) is 18.5 Å². The van der Waals surface area contributed by atoms with Gasteiger partial charge < -0.3 is 10.6 Å². The third kappa shape index (κ3) is 3.85. The first-order valence-electron chi connectivity index (χ1n) is 8.34. The summed E-state index contributed by atoms with van der Waals surface area (Å²) >= 11 is 0. The number of para-hydroxylation sites is 1. The minimum atomic E-state index is -0.0432. The molecule has 0 aromatic heterocycles. The number of hydrogen-bond donors (Lipinski definition) is 2. The lowest BCUT2D eigenvalue weighted by Crippen LogP contribution is -2.46. The molecule has 1 fully saturated rings. The second kappa shape index (κ2) is 7.60. The highest BCUT2D eigenvalue weighted by Crippen LogP contribution is 2.24. The molecule has 2 rings (SSSR count). The van der Waals surface area contributed by atoms with Crippen LogP contribution in [0.1, 0.15) is 51.2 Å². The Balaban J connectivity index is 2.12. The predicted molar refractivity (Wildman–Crippen MR) is 88.6 cm³/mol. The molecule has 1 saturated heterocycles. The smallest absolute Gasteiger partial charge is 0.241 e. The fourth-order valence-electron chi connectivity index (χ4n) is 3.18. The van der Waals surface area contributed by atoms with Gasteiger partial charge in [0.05, 0.1) is 6.04 Å². The van der Waals surface area contributed by atoms with E-state index in [9.17, 15) is 4.79 Å². The molecule has 1 amide bonds. The number of carbonyl (C=O) groups is 1. The number of nitrogens with one attached hydrogen (secondary N) is 2. The van der Waals surface area contributed by atoms with E-state index in [2.05, 4.69) is 49.6 Å². The number of piperidine rings is 1. The fraction of sp³-hybridized carbons (Fsp3) is 0.611. The van der Waals surface area contributed by atoms with Gasteiger partial charge >= 0.3 is 0 Å². The molecule has 21 heavy (non-hydrogen) atoms. The Kier molecular flexibility index (Phi) is 5.80. The fourth-order valence-corrected chi connectivity index (χ4v) is 3.18. The van der Waals surface area contributed by atoms with Gasteiger partial charge in [0.25, 0.3) is 0 Å². The van der Waals surface area contributed by atoms with Gasteiger partial charge in [0, 0.05) is 5.69 Å². The van der Waals surface area contributed by atoms with Crippen molar-refractivity contribution in [2.45, 2.75) is 58.9 Å². The molecule has 116 valence electrons. The lowest BCUT2D eigenvalue weighted by molar-refractivity contribution is -0.119. The maximum atomic E-state index is 12.6. The second-order valence-electron chi connectivity index (χ2n) is 5.95. The SMILES string of the molecule is CCc1cccc(CC)c1NC(=O)C1CC(CC)CCN1. The van der Waals surface area contributed by atoms with E-state index in [1.54, 1.807) is 0 Å². The molecular formula is C18H28N2O. The molecule has 2 atom stereocenters. The first kappa shape index (κ1) is 16.0. The molecule has 0 spiro atoms. The van der Waals surface area contributed by atoms with Gasteiger partial charge in [-0.05, 0) is 49.3 Å². The van der Waals surface area contributed by atoms with E-state index in [0.29, 0.717) is 5.92 Å². The Hall–Kier alpha value is -1.35. The molecule has 2 N–H and O–H groups in total. The molecule has 3 nitrogen and oxygen atoms in total. The summed E-state index contributed by atoms with van der Waals surface area (Å²) in [4.78, 5) is 12.6. The topological polar surface area (TPSA) is 41.1 Å². The van der Waals surface area contributed by atoms with Crippen LogP contribution >= 0.6 is 0 Å². The summed E-state index contributed by atoms with van der Waals surface area (Å²) in [6.45, 7) is 7.44. The van der Waals surface area contributed by atoms with Crippen LogP contribution in [0, 0.1) is 5.92 Å². The van der Waals surface area contributed by atoms with Crippen LogP contribution in [0.2, 0.25) is 0 Å². The van der Waals surface area contributed by atoms with Crippen LogP contribution in [0.4, 0.5) is 5.69 Å². The van der Waals surface area contributed by atoms with Crippen LogP contribution in [-0.2, 0) is 17.6 Å². The van der Waals surface area contributed by atoms with Gasteiger partial charge in [-0.2, -0.15) is 0 Å². The third-order valence-corrected chi connectivity index (χ3v) is 4.65. The summed E-state index contributed by atoms with van der Waals surface area (Å²) < 4.78 is 0. The van der Waals surface area contributed by atoms with Crippen LogP contribution in [0.3, 0.4) is 0 Å². The van der Waals surface area contributed by atoms with E-state index in [4.69, 9.17) is 0 Å². The Morgan fingerprint density at radius 2 is 1.90 bits per heavy atom. The average molecular weight is 288 g/mol. The maximum Gasteiger partial charge on any atom is 0.241 e. The molecule has 1 heterocycles. The van der Waals surface area contributed by atoms with Crippen molar-refractivity contribution in [3.8, 4) is 0 Å². The molecule has 1 aromatic rings. The normalized spacial score (nSPS) is 22.0. The van der Waals surface area contributed by atoms with Gasteiger partial charge in [-0.25, -0.2) is 0 Å². The summed E-state index contributed by atoms with van der Waals surface area (Å²) in [5.74, 6) is 0.804. The number of benzene rings is 1. The number of aryl methyl sites for hydroxylation is 2. The quantitative estimate of drug-likeness (QED) is 0.870. The second-order valence-corrected chi connectivity index (χ2v) is 5.95. The van der Waals surface area contributed by atoms with Gasteiger partial charge in [-0.15, -0.1) is 0 Å². The molecule has 1 aromatic carbocycles. The van der Waals surface area contributed by atoms with E-state index in [-0.39, 0.29) is 11.9 Å². The van der Waals surface area contributed by atoms with E-state index < -0.39 is 0 Å². The molecule has 0 bridgehead atoms. The summed E-state index contributed by atoms with van der Waals surface area (Å²) in [6, 6.07) is 6.26. The predicted octanol–water partition coefficient (Wildman–Crippen LogP) is 3.53. The minimum Gasteiger partial charge on any atom is -0.324 e. The molecule has 0 radical (unpaired) electrons. The lowest BCUT2D eigenvalue weighted by atomic mass is 9.90. The highest BCUT2D eigenvalue weighted by Gasteiger charge is 2.26. The molecule has 0 saturated carbocycles. The summed E-state index contributed by atoms with van der Waals surface area (Å²) in [5.41, 5.74) is 3.49. The summed E-state index contributed by atoms with van der Waals surface area (Å²) in [6.07, 6.45) is 5.19. The average Bonchev–Trinajstić information content (AvgIpc) is 2.54. The van der Waals surface area contributed by atoms with Gasteiger partial charge in [-0.3, -0.25) is 4.79 Å². The van der Waals surface area contributed by atoms with Crippen molar-refractivity contribution < 1.29 is 4.79 Å². The lowest BCUT2D eigenvalue weighted by Gasteiger charge is -2.29. The largest absolute Gasteiger partial charge is 0.324 e. The molecule has 1 aliphatic rings. The van der Waals surface area contributed by atoms with Crippen LogP contribution in [0.25, 0.3) is 0 Å². The first-order chi connectivity index (χ1) is 10.2.